The molecule has 0 aromatic heterocycles. The largest absolute Gasteiger partial charge is 0.444 e. The van der Waals surface area contributed by atoms with Crippen molar-refractivity contribution in [2.75, 3.05) is 6.54 Å². The summed E-state index contributed by atoms with van der Waals surface area (Å²) < 4.78 is 5.27. The lowest BCUT2D eigenvalue weighted by atomic mass is 10.0. The molecule has 0 radical (unpaired) electrons. The van der Waals surface area contributed by atoms with E-state index in [2.05, 4.69) is 0 Å². The number of ketones is 1. The number of hydrogen-bond donors (Lipinski definition) is 1. The zero-order valence-electron chi connectivity index (χ0n) is 11.6. The first-order valence-electron chi connectivity index (χ1n) is 6.47. The van der Waals surface area contributed by atoms with Crippen molar-refractivity contribution in [2.45, 2.75) is 64.7 Å². The molecule has 0 saturated carbocycles. The number of aliphatic hydroxyl groups is 1. The number of ether oxygens (including phenoxy) is 1. The molecule has 2 atom stereocenters. The second kappa shape index (κ2) is 5.69. The third kappa shape index (κ3) is 3.70. The van der Waals surface area contributed by atoms with Gasteiger partial charge in [0.05, 0.1) is 6.04 Å². The van der Waals surface area contributed by atoms with Crippen molar-refractivity contribution < 1.29 is 19.4 Å². The van der Waals surface area contributed by atoms with Crippen molar-refractivity contribution in [3.63, 3.8) is 0 Å². The van der Waals surface area contributed by atoms with E-state index in [4.69, 9.17) is 4.74 Å². The predicted molar refractivity (Wildman–Crippen MR) is 67.3 cm³/mol. The van der Waals surface area contributed by atoms with Crippen LogP contribution in [0.2, 0.25) is 0 Å². The van der Waals surface area contributed by atoms with Crippen LogP contribution in [0.15, 0.2) is 0 Å². The number of Topliss-reactive ketones (excluding diaryl/α,β-unsaturated/α-hetero) is 1. The fourth-order valence-corrected chi connectivity index (χ4v) is 2.02. The van der Waals surface area contributed by atoms with Crippen LogP contribution in [0.1, 0.15) is 47.0 Å². The van der Waals surface area contributed by atoms with Gasteiger partial charge in [0.1, 0.15) is 11.7 Å². The first-order valence-corrected chi connectivity index (χ1v) is 6.47. The molecule has 0 spiro atoms. The third-order valence-corrected chi connectivity index (χ3v) is 2.92. The van der Waals surface area contributed by atoms with E-state index >= 15 is 0 Å². The molecule has 1 aliphatic heterocycles. The van der Waals surface area contributed by atoms with Crippen LogP contribution in [-0.4, -0.2) is 46.2 Å². The molecular weight excluding hydrogens is 234 g/mol. The maximum atomic E-state index is 12.0. The fourth-order valence-electron chi connectivity index (χ4n) is 2.02. The molecule has 1 heterocycles. The summed E-state index contributed by atoms with van der Waals surface area (Å²) in [7, 11) is 0. The number of likely N-dealkylation sites (tertiary alicyclic amines) is 1. The highest BCUT2D eigenvalue weighted by atomic mass is 16.6. The summed E-state index contributed by atoms with van der Waals surface area (Å²) in [5.41, 5.74) is -0.573. The van der Waals surface area contributed by atoms with Crippen molar-refractivity contribution in [3.8, 4) is 0 Å². The maximum Gasteiger partial charge on any atom is 0.410 e. The van der Waals surface area contributed by atoms with Crippen molar-refractivity contribution in [2.24, 2.45) is 0 Å². The lowest BCUT2D eigenvalue weighted by molar-refractivity contribution is -0.131. The second-order valence-electron chi connectivity index (χ2n) is 5.66. The Morgan fingerprint density at radius 2 is 2.06 bits per heavy atom. The molecule has 1 rings (SSSR count). The van der Waals surface area contributed by atoms with Gasteiger partial charge in [-0.15, -0.1) is 0 Å². The number of rotatable bonds is 3. The Hall–Kier alpha value is -1.10. The molecule has 5 nitrogen and oxygen atoms in total. The number of nitrogens with zero attached hydrogens (tertiary/aromatic N) is 1. The second-order valence-corrected chi connectivity index (χ2v) is 5.66. The van der Waals surface area contributed by atoms with Gasteiger partial charge in [-0.2, -0.15) is 0 Å². The van der Waals surface area contributed by atoms with Crippen LogP contribution in [0.5, 0.6) is 0 Å². The molecule has 104 valence electrons. The van der Waals surface area contributed by atoms with E-state index < -0.39 is 23.8 Å². The third-order valence-electron chi connectivity index (χ3n) is 2.92. The van der Waals surface area contributed by atoms with Gasteiger partial charge in [0.15, 0.2) is 5.78 Å². The summed E-state index contributed by atoms with van der Waals surface area (Å²) in [6.07, 6.45) is 0.290. The minimum absolute atomic E-state index is 0.277. The summed E-state index contributed by atoms with van der Waals surface area (Å²) in [6, 6.07) is -0.533. The zero-order chi connectivity index (χ0) is 13.9. The van der Waals surface area contributed by atoms with Crippen LogP contribution < -0.4 is 0 Å². The number of carbonyl (C=O) groups excluding carboxylic acids is 2. The van der Waals surface area contributed by atoms with Crippen LogP contribution >= 0.6 is 0 Å². The highest BCUT2D eigenvalue weighted by Gasteiger charge is 2.38. The lowest BCUT2D eigenvalue weighted by Crippen LogP contribution is -2.46. The highest BCUT2D eigenvalue weighted by molar-refractivity contribution is 5.91. The Kier molecular flexibility index (Phi) is 4.73. The normalized spacial score (nSPS) is 21.8. The van der Waals surface area contributed by atoms with Gasteiger partial charge in [-0.1, -0.05) is 6.92 Å². The first kappa shape index (κ1) is 15.0. The topological polar surface area (TPSA) is 66.8 Å². The van der Waals surface area contributed by atoms with E-state index in [0.29, 0.717) is 19.4 Å². The smallest absolute Gasteiger partial charge is 0.410 e. The number of hydrogen-bond acceptors (Lipinski definition) is 4. The number of carbonyl (C=O) groups is 2. The van der Waals surface area contributed by atoms with Crippen molar-refractivity contribution >= 4 is 11.9 Å². The minimum atomic E-state index is -0.988. The molecule has 1 amide bonds. The molecule has 5 heteroatoms. The van der Waals surface area contributed by atoms with E-state index in [-0.39, 0.29) is 5.78 Å². The van der Waals surface area contributed by atoms with Gasteiger partial charge >= 0.3 is 6.09 Å². The summed E-state index contributed by atoms with van der Waals surface area (Å²) in [5, 5.41) is 9.59. The Morgan fingerprint density at radius 1 is 1.44 bits per heavy atom. The monoisotopic (exact) mass is 257 g/mol. The molecule has 1 saturated heterocycles. The zero-order valence-corrected chi connectivity index (χ0v) is 11.6. The Labute approximate surface area is 108 Å². The molecule has 1 N–H and O–H groups in total. The number of amides is 1. The molecule has 18 heavy (non-hydrogen) atoms. The first-order chi connectivity index (χ1) is 8.26. The van der Waals surface area contributed by atoms with Gasteiger partial charge in [-0.05, 0) is 40.0 Å². The average Bonchev–Trinajstić information content (AvgIpc) is 2.73. The molecule has 2 unspecified atom stereocenters. The van der Waals surface area contributed by atoms with Crippen LogP contribution in [0.3, 0.4) is 0 Å². The van der Waals surface area contributed by atoms with Gasteiger partial charge in [0, 0.05) is 6.54 Å². The quantitative estimate of drug-likeness (QED) is 0.836. The summed E-state index contributed by atoms with van der Waals surface area (Å²) in [6.45, 7) is 7.63. The lowest BCUT2D eigenvalue weighted by Gasteiger charge is -2.28. The van der Waals surface area contributed by atoms with Crippen LogP contribution in [0.4, 0.5) is 4.79 Å². The van der Waals surface area contributed by atoms with Gasteiger partial charge in [0.25, 0.3) is 0 Å². The van der Waals surface area contributed by atoms with Crippen molar-refractivity contribution in [1.29, 1.82) is 0 Å². The van der Waals surface area contributed by atoms with Gasteiger partial charge in [-0.25, -0.2) is 4.79 Å². The minimum Gasteiger partial charge on any atom is -0.444 e. The molecule has 1 aliphatic rings. The Balaban J connectivity index is 2.70. The summed E-state index contributed by atoms with van der Waals surface area (Å²) in [5.74, 6) is -0.277. The molecule has 0 aromatic rings. The van der Waals surface area contributed by atoms with Gasteiger partial charge in [0.2, 0.25) is 0 Å². The molecular formula is C13H23NO4. The van der Waals surface area contributed by atoms with Gasteiger partial charge < -0.3 is 9.84 Å². The van der Waals surface area contributed by atoms with Gasteiger partial charge in [-0.3, -0.25) is 9.69 Å². The highest BCUT2D eigenvalue weighted by Crippen LogP contribution is 2.22. The summed E-state index contributed by atoms with van der Waals surface area (Å²) >= 11 is 0. The van der Waals surface area contributed by atoms with E-state index in [9.17, 15) is 14.7 Å². The van der Waals surface area contributed by atoms with E-state index in [1.165, 1.54) is 4.90 Å². The maximum absolute atomic E-state index is 12.0. The molecule has 1 fully saturated rings. The fraction of sp³-hybridized carbons (Fsp3) is 0.846. The average molecular weight is 257 g/mol. The predicted octanol–water partition coefficient (Wildman–Crippen LogP) is 1.73. The number of aliphatic hydroxyl groups excluding tert-OH is 1. The SMILES string of the molecule is CCC(O)C(=O)C1CCCN1C(=O)OC(C)(C)C. The van der Waals surface area contributed by atoms with E-state index in [0.717, 1.165) is 6.42 Å². The standard InChI is InChI=1S/C13H23NO4/c1-5-10(15)11(16)9-7-6-8-14(9)12(17)18-13(2,3)4/h9-10,15H,5-8H2,1-4H3. The van der Waals surface area contributed by atoms with E-state index in [1.54, 1.807) is 27.7 Å². The molecule has 0 bridgehead atoms. The van der Waals surface area contributed by atoms with Crippen molar-refractivity contribution in [3.05, 3.63) is 0 Å². The van der Waals surface area contributed by atoms with E-state index in [1.807, 2.05) is 0 Å². The molecule has 0 aliphatic carbocycles. The Morgan fingerprint density at radius 3 is 2.56 bits per heavy atom. The van der Waals surface area contributed by atoms with Crippen LogP contribution in [0, 0.1) is 0 Å². The Bertz CT molecular complexity index is 321. The summed E-state index contributed by atoms with van der Waals surface area (Å²) in [4.78, 5) is 25.4. The molecule has 0 aromatic carbocycles. The van der Waals surface area contributed by atoms with Crippen LogP contribution in [0.25, 0.3) is 0 Å². The van der Waals surface area contributed by atoms with Crippen LogP contribution in [-0.2, 0) is 9.53 Å². The van der Waals surface area contributed by atoms with Crippen molar-refractivity contribution in [1.82, 2.24) is 4.90 Å².